The van der Waals surface area contributed by atoms with Crippen molar-refractivity contribution in [1.82, 2.24) is 5.48 Å². The van der Waals surface area contributed by atoms with Crippen LogP contribution in [0.2, 0.25) is 5.02 Å². The first-order chi connectivity index (χ1) is 14.2. The number of ether oxygens (including phenoxy) is 1. The molecular weight excluding hydrogens is 414 g/mol. The lowest BCUT2D eigenvalue weighted by molar-refractivity contribution is -0.120. The summed E-state index contributed by atoms with van der Waals surface area (Å²) in [5.74, 6) is -2.23. The van der Waals surface area contributed by atoms with Crippen molar-refractivity contribution < 1.29 is 34.5 Å². The number of phenolic OH excluding ortho intramolecular Hbond substituents is 2. The second kappa shape index (κ2) is 11.0. The molecule has 1 aliphatic heterocycles. The smallest absolute Gasteiger partial charge is 0.342 e. The maximum atomic E-state index is 12.7. The van der Waals surface area contributed by atoms with Crippen molar-refractivity contribution in [2.75, 3.05) is 6.61 Å². The number of esters is 1. The Bertz CT molecular complexity index is 837. The first-order valence-electron chi connectivity index (χ1n) is 9.54. The van der Waals surface area contributed by atoms with Crippen LogP contribution >= 0.6 is 11.6 Å². The van der Waals surface area contributed by atoms with E-state index in [1.807, 2.05) is 12.2 Å². The van der Waals surface area contributed by atoms with Gasteiger partial charge in [0.15, 0.2) is 0 Å². The molecule has 1 aromatic carbocycles. The fraction of sp³-hybridized carbons (Fsp3) is 0.429. The van der Waals surface area contributed by atoms with Crippen LogP contribution in [0.3, 0.4) is 0 Å². The number of Topliss-reactive ketones (excluding diaryl/α,β-unsaturated/α-hetero) is 1. The molecule has 8 nitrogen and oxygen atoms in total. The van der Waals surface area contributed by atoms with Crippen LogP contribution < -0.4 is 5.48 Å². The van der Waals surface area contributed by atoms with Gasteiger partial charge in [0.2, 0.25) is 0 Å². The van der Waals surface area contributed by atoms with Gasteiger partial charge in [-0.2, -0.15) is 5.48 Å². The van der Waals surface area contributed by atoms with Gasteiger partial charge in [0.05, 0.1) is 5.02 Å². The lowest BCUT2D eigenvalue weighted by Crippen LogP contribution is -2.32. The van der Waals surface area contributed by atoms with Crippen molar-refractivity contribution >= 4 is 23.4 Å². The molecule has 0 amide bonds. The molecule has 1 heterocycles. The van der Waals surface area contributed by atoms with E-state index in [9.17, 15) is 19.8 Å². The minimum Gasteiger partial charge on any atom is -0.510 e. The molecule has 0 aliphatic carbocycles. The van der Waals surface area contributed by atoms with Crippen LogP contribution in [0.4, 0.5) is 0 Å². The number of cyclic esters (lactones) is 1. The molecule has 0 saturated heterocycles. The standard InChI is InChI=1S/C21H26ClNO7/c1-12(24)11-29-23-14-7-5-3-4-6-13(2)30-21(28)19-16(9-15(25)8-14)20(22)18(27)10-17(19)26/h3-4,10,13-14,23-24,26-27H,1,5-9,11H2,2H3/b4-3+. The van der Waals surface area contributed by atoms with Crippen LogP contribution in [-0.2, 0) is 20.8 Å². The van der Waals surface area contributed by atoms with Crippen molar-refractivity contribution in [2.45, 2.75) is 51.2 Å². The number of carbonyl (C=O) groups excluding carboxylic acids is 2. The van der Waals surface area contributed by atoms with Gasteiger partial charge in [-0.05, 0) is 19.8 Å². The molecule has 30 heavy (non-hydrogen) atoms. The zero-order valence-electron chi connectivity index (χ0n) is 16.7. The highest BCUT2D eigenvalue weighted by atomic mass is 35.5. The molecule has 0 spiro atoms. The van der Waals surface area contributed by atoms with Crippen molar-refractivity contribution in [3.63, 3.8) is 0 Å². The summed E-state index contributed by atoms with van der Waals surface area (Å²) in [5, 5.41) is 29.1. The second-order valence-corrected chi connectivity index (χ2v) is 7.55. The van der Waals surface area contributed by atoms with Crippen molar-refractivity contribution in [1.29, 1.82) is 0 Å². The highest BCUT2D eigenvalue weighted by molar-refractivity contribution is 6.33. The summed E-state index contributed by atoms with van der Waals surface area (Å²) in [6.45, 7) is 4.91. The zero-order chi connectivity index (χ0) is 22.3. The van der Waals surface area contributed by atoms with Crippen molar-refractivity contribution in [2.24, 2.45) is 0 Å². The molecule has 164 valence electrons. The van der Waals surface area contributed by atoms with E-state index in [1.54, 1.807) is 6.92 Å². The summed E-state index contributed by atoms with van der Waals surface area (Å²) >= 11 is 6.15. The number of nitrogens with one attached hydrogen (secondary N) is 1. The summed E-state index contributed by atoms with van der Waals surface area (Å²) in [6, 6.07) is 0.572. The molecule has 0 radical (unpaired) electrons. The number of phenols is 2. The maximum absolute atomic E-state index is 12.7. The number of hydroxylamine groups is 1. The van der Waals surface area contributed by atoms with Gasteiger partial charge < -0.3 is 20.1 Å². The third-order valence-corrected chi connectivity index (χ3v) is 4.91. The third-order valence-electron chi connectivity index (χ3n) is 4.49. The van der Waals surface area contributed by atoms with E-state index in [-0.39, 0.29) is 53.2 Å². The highest BCUT2D eigenvalue weighted by Crippen LogP contribution is 2.37. The number of hydrogen-bond donors (Lipinski definition) is 4. The first kappa shape index (κ1) is 23.7. The number of ketones is 1. The Morgan fingerprint density at radius 3 is 2.77 bits per heavy atom. The lowest BCUT2D eigenvalue weighted by atomic mass is 9.96. The van der Waals surface area contributed by atoms with Crippen LogP contribution in [-0.4, -0.2) is 45.8 Å². The molecule has 2 atom stereocenters. The van der Waals surface area contributed by atoms with Crippen LogP contribution in [0.25, 0.3) is 0 Å². The average Bonchev–Trinajstić information content (AvgIpc) is 2.64. The summed E-state index contributed by atoms with van der Waals surface area (Å²) in [6.07, 6.45) is 4.73. The Morgan fingerprint density at radius 1 is 1.33 bits per heavy atom. The molecule has 1 aliphatic rings. The van der Waals surface area contributed by atoms with Crippen LogP contribution in [0.15, 0.2) is 30.6 Å². The molecule has 4 N–H and O–H groups in total. The van der Waals surface area contributed by atoms with Gasteiger partial charge in [0, 0.05) is 36.9 Å². The Labute approximate surface area is 179 Å². The molecule has 0 bridgehead atoms. The van der Waals surface area contributed by atoms with Gasteiger partial charge in [-0.25, -0.2) is 4.79 Å². The fourth-order valence-corrected chi connectivity index (χ4v) is 3.28. The Morgan fingerprint density at radius 2 is 2.07 bits per heavy atom. The molecular formula is C21H26ClNO7. The van der Waals surface area contributed by atoms with Gasteiger partial charge in [0.1, 0.15) is 41.3 Å². The topological polar surface area (TPSA) is 125 Å². The van der Waals surface area contributed by atoms with E-state index in [1.165, 1.54) is 0 Å². The zero-order valence-corrected chi connectivity index (χ0v) is 17.4. The van der Waals surface area contributed by atoms with E-state index in [4.69, 9.17) is 26.3 Å². The summed E-state index contributed by atoms with van der Waals surface area (Å²) < 4.78 is 5.36. The minimum absolute atomic E-state index is 0.00683. The second-order valence-electron chi connectivity index (χ2n) is 7.17. The van der Waals surface area contributed by atoms with Crippen molar-refractivity contribution in [3.8, 4) is 11.5 Å². The van der Waals surface area contributed by atoms with Crippen LogP contribution in [0.5, 0.6) is 11.5 Å². The van der Waals surface area contributed by atoms with E-state index < -0.39 is 23.6 Å². The number of aliphatic hydroxyl groups excluding tert-OH is 1. The number of carbonyl (C=O) groups is 2. The Balaban J connectivity index is 2.34. The third kappa shape index (κ3) is 6.76. The molecule has 2 unspecified atom stereocenters. The van der Waals surface area contributed by atoms with Gasteiger partial charge >= 0.3 is 5.97 Å². The Hall–Kier alpha value is -2.55. The number of fused-ring (bicyclic) bond motifs is 1. The minimum atomic E-state index is -0.824. The molecule has 1 aromatic rings. The summed E-state index contributed by atoms with van der Waals surface area (Å²) in [4.78, 5) is 30.5. The molecule has 2 rings (SSSR count). The van der Waals surface area contributed by atoms with E-state index in [0.29, 0.717) is 19.3 Å². The highest BCUT2D eigenvalue weighted by Gasteiger charge is 2.27. The van der Waals surface area contributed by atoms with Gasteiger partial charge in [-0.1, -0.05) is 30.3 Å². The van der Waals surface area contributed by atoms with Gasteiger partial charge in [0.25, 0.3) is 0 Å². The first-order valence-corrected chi connectivity index (χ1v) is 9.91. The van der Waals surface area contributed by atoms with Gasteiger partial charge in [-0.15, -0.1) is 0 Å². The van der Waals surface area contributed by atoms with E-state index >= 15 is 0 Å². The number of aliphatic hydroxyl groups is 1. The normalized spacial score (nSPS) is 21.9. The number of aromatic hydroxyl groups is 2. The van der Waals surface area contributed by atoms with E-state index in [2.05, 4.69) is 12.1 Å². The molecule has 9 heteroatoms. The van der Waals surface area contributed by atoms with Crippen LogP contribution in [0.1, 0.15) is 48.5 Å². The number of benzene rings is 1. The number of hydrogen-bond acceptors (Lipinski definition) is 8. The molecule has 0 aromatic heterocycles. The average molecular weight is 440 g/mol. The quantitative estimate of drug-likeness (QED) is 0.243. The maximum Gasteiger partial charge on any atom is 0.342 e. The predicted molar refractivity (Wildman–Crippen MR) is 111 cm³/mol. The SMILES string of the molecule is C=C(O)CONC1CC/C=C/CC(C)OC(=O)c2c(O)cc(O)c(Cl)c2CC(=O)C1. The molecule has 0 fully saturated rings. The number of rotatable bonds is 4. The number of allylic oxidation sites excluding steroid dienone is 1. The molecule has 0 saturated carbocycles. The monoisotopic (exact) mass is 439 g/mol. The fourth-order valence-electron chi connectivity index (χ4n) is 3.06. The van der Waals surface area contributed by atoms with Gasteiger partial charge in [-0.3, -0.25) is 9.63 Å². The summed E-state index contributed by atoms with van der Waals surface area (Å²) in [7, 11) is 0. The largest absolute Gasteiger partial charge is 0.510 e. The van der Waals surface area contributed by atoms with Crippen LogP contribution in [0, 0.1) is 0 Å². The van der Waals surface area contributed by atoms with Crippen molar-refractivity contribution in [3.05, 3.63) is 46.7 Å². The number of halogens is 1. The Kier molecular flexibility index (Phi) is 8.71. The summed E-state index contributed by atoms with van der Waals surface area (Å²) in [5.41, 5.74) is 2.51. The lowest BCUT2D eigenvalue weighted by Gasteiger charge is -2.19. The predicted octanol–water partition coefficient (Wildman–Crippen LogP) is 3.50. The van der Waals surface area contributed by atoms with E-state index in [0.717, 1.165) is 6.07 Å².